The van der Waals surface area contributed by atoms with Crippen LogP contribution in [0, 0.1) is 5.82 Å². The average molecular weight is 306 g/mol. The van der Waals surface area contributed by atoms with Crippen LogP contribution >= 0.6 is 11.3 Å². The molecular weight excluding hydrogens is 291 g/mol. The van der Waals surface area contributed by atoms with Crippen LogP contribution in [0.2, 0.25) is 0 Å². The van der Waals surface area contributed by atoms with Gasteiger partial charge in [0, 0.05) is 35.8 Å². The Morgan fingerprint density at radius 2 is 2.38 bits per heavy atom. The summed E-state index contributed by atoms with van der Waals surface area (Å²) >= 11 is 1.56. The monoisotopic (exact) mass is 306 g/mol. The lowest BCUT2D eigenvalue weighted by molar-refractivity contribution is 0.409. The van der Waals surface area contributed by atoms with Crippen molar-refractivity contribution in [2.24, 2.45) is 5.84 Å². The number of nitrogens with one attached hydrogen (secondary N) is 1. The van der Waals surface area contributed by atoms with Crippen molar-refractivity contribution in [1.82, 2.24) is 14.8 Å². The summed E-state index contributed by atoms with van der Waals surface area (Å²) in [6.45, 7) is 0. The predicted octanol–water partition coefficient (Wildman–Crippen LogP) is 2.29. The van der Waals surface area contributed by atoms with Crippen LogP contribution < -0.4 is 16.0 Å². The van der Waals surface area contributed by atoms with Crippen molar-refractivity contribution in [2.45, 2.75) is 12.5 Å². The van der Waals surface area contributed by atoms with Crippen molar-refractivity contribution in [3.8, 4) is 5.75 Å². The molecule has 0 amide bonds. The zero-order valence-corrected chi connectivity index (χ0v) is 12.2. The minimum atomic E-state index is -0.349. The minimum absolute atomic E-state index is 0.347. The summed E-state index contributed by atoms with van der Waals surface area (Å²) in [5.74, 6) is 5.71. The van der Waals surface area contributed by atoms with Gasteiger partial charge in [-0.05, 0) is 6.07 Å². The highest BCUT2D eigenvalue weighted by molar-refractivity contribution is 7.15. The standard InChI is InChI=1S/C14H15FN4OS/c1-20-10-2-3-11(12(15)7-10)13(18-16)6-9-8-19-4-5-21-14(19)17-9/h2-5,7-8,13,18H,6,16H2,1H3. The SMILES string of the molecule is COc1ccc(C(Cc2cn3ccsc3n2)NN)c(F)c1. The second-order valence-electron chi connectivity index (χ2n) is 4.64. The number of hydrazine groups is 1. The van der Waals surface area contributed by atoms with Gasteiger partial charge < -0.3 is 4.74 Å². The second kappa shape index (κ2) is 5.80. The van der Waals surface area contributed by atoms with Gasteiger partial charge in [-0.2, -0.15) is 0 Å². The lowest BCUT2D eigenvalue weighted by Gasteiger charge is -2.16. The highest BCUT2D eigenvalue weighted by Gasteiger charge is 2.17. The number of hydrogen-bond donors (Lipinski definition) is 2. The molecule has 21 heavy (non-hydrogen) atoms. The highest BCUT2D eigenvalue weighted by Crippen LogP contribution is 2.24. The summed E-state index contributed by atoms with van der Waals surface area (Å²) in [6, 6.07) is 4.40. The number of halogens is 1. The molecule has 0 aliphatic heterocycles. The first kappa shape index (κ1) is 14.0. The van der Waals surface area contributed by atoms with Gasteiger partial charge in [-0.25, -0.2) is 9.37 Å². The maximum absolute atomic E-state index is 14.1. The van der Waals surface area contributed by atoms with Crippen LogP contribution in [0.25, 0.3) is 4.96 Å². The molecule has 0 saturated carbocycles. The maximum atomic E-state index is 14.1. The zero-order valence-electron chi connectivity index (χ0n) is 11.4. The van der Waals surface area contributed by atoms with Gasteiger partial charge in [0.15, 0.2) is 4.96 Å². The molecule has 0 aliphatic rings. The first-order valence-corrected chi connectivity index (χ1v) is 7.30. The summed E-state index contributed by atoms with van der Waals surface area (Å²) in [5.41, 5.74) is 4.01. The lowest BCUT2D eigenvalue weighted by atomic mass is 10.0. The molecule has 0 aliphatic carbocycles. The highest BCUT2D eigenvalue weighted by atomic mass is 32.1. The smallest absolute Gasteiger partial charge is 0.193 e. The van der Waals surface area contributed by atoms with E-state index in [4.69, 9.17) is 10.6 Å². The van der Waals surface area contributed by atoms with Gasteiger partial charge in [0.1, 0.15) is 11.6 Å². The van der Waals surface area contributed by atoms with E-state index in [2.05, 4.69) is 10.4 Å². The van der Waals surface area contributed by atoms with Crippen LogP contribution in [0.1, 0.15) is 17.3 Å². The summed E-state index contributed by atoms with van der Waals surface area (Å²) in [6.07, 6.45) is 4.38. The molecule has 110 valence electrons. The number of rotatable bonds is 5. The van der Waals surface area contributed by atoms with E-state index in [0.717, 1.165) is 10.7 Å². The largest absolute Gasteiger partial charge is 0.497 e. The van der Waals surface area contributed by atoms with Crippen molar-refractivity contribution in [3.63, 3.8) is 0 Å². The first-order valence-electron chi connectivity index (χ1n) is 6.42. The molecule has 0 bridgehead atoms. The molecule has 1 atom stereocenters. The number of fused-ring (bicyclic) bond motifs is 1. The van der Waals surface area contributed by atoms with Crippen LogP contribution in [0.4, 0.5) is 4.39 Å². The number of benzene rings is 1. The fourth-order valence-electron chi connectivity index (χ4n) is 2.26. The van der Waals surface area contributed by atoms with Crippen LogP contribution in [0.3, 0.4) is 0 Å². The van der Waals surface area contributed by atoms with Gasteiger partial charge in [-0.1, -0.05) is 6.07 Å². The summed E-state index contributed by atoms with van der Waals surface area (Å²) < 4.78 is 21.1. The van der Waals surface area contributed by atoms with Crippen LogP contribution in [0.15, 0.2) is 36.0 Å². The molecular formula is C14H15FN4OS. The van der Waals surface area contributed by atoms with Crippen LogP contribution in [0.5, 0.6) is 5.75 Å². The quantitative estimate of drug-likeness (QED) is 0.561. The number of aromatic nitrogens is 2. The molecule has 3 N–H and O–H groups in total. The Morgan fingerprint density at radius 1 is 1.52 bits per heavy atom. The van der Waals surface area contributed by atoms with E-state index in [1.54, 1.807) is 23.5 Å². The van der Waals surface area contributed by atoms with Crippen LogP contribution in [-0.4, -0.2) is 16.5 Å². The minimum Gasteiger partial charge on any atom is -0.497 e. The van der Waals surface area contributed by atoms with Gasteiger partial charge in [0.2, 0.25) is 0 Å². The molecule has 0 fully saturated rings. The number of methoxy groups -OCH3 is 1. The number of thiazole rings is 1. The third kappa shape index (κ3) is 2.76. The normalized spacial score (nSPS) is 12.7. The van der Waals surface area contributed by atoms with E-state index in [1.165, 1.54) is 13.2 Å². The third-order valence-corrected chi connectivity index (χ3v) is 4.11. The Bertz CT molecular complexity index is 726. The van der Waals surface area contributed by atoms with Gasteiger partial charge in [-0.3, -0.25) is 15.7 Å². The molecule has 0 saturated heterocycles. The summed E-state index contributed by atoms with van der Waals surface area (Å²) in [4.78, 5) is 5.40. The topological polar surface area (TPSA) is 64.6 Å². The molecule has 7 heteroatoms. The van der Waals surface area contributed by atoms with E-state index in [0.29, 0.717) is 17.7 Å². The van der Waals surface area contributed by atoms with Crippen LogP contribution in [-0.2, 0) is 6.42 Å². The fourth-order valence-corrected chi connectivity index (χ4v) is 2.98. The van der Waals surface area contributed by atoms with Crippen molar-refractivity contribution in [1.29, 1.82) is 0 Å². The van der Waals surface area contributed by atoms with E-state index < -0.39 is 0 Å². The Kier molecular flexibility index (Phi) is 3.87. The maximum Gasteiger partial charge on any atom is 0.193 e. The first-order chi connectivity index (χ1) is 10.2. The van der Waals surface area contributed by atoms with Gasteiger partial charge >= 0.3 is 0 Å². The van der Waals surface area contributed by atoms with Crippen molar-refractivity contribution in [2.75, 3.05) is 7.11 Å². The van der Waals surface area contributed by atoms with E-state index >= 15 is 0 Å². The van der Waals surface area contributed by atoms with E-state index in [9.17, 15) is 4.39 Å². The fraction of sp³-hybridized carbons (Fsp3) is 0.214. The van der Waals surface area contributed by atoms with Gasteiger partial charge in [0.25, 0.3) is 0 Å². The Balaban J connectivity index is 1.86. The zero-order chi connectivity index (χ0) is 14.8. The van der Waals surface area contributed by atoms with Crippen molar-refractivity contribution < 1.29 is 9.13 Å². The number of nitrogens with zero attached hydrogens (tertiary/aromatic N) is 2. The Hall–Kier alpha value is -1.96. The molecule has 1 unspecified atom stereocenters. The molecule has 5 nitrogen and oxygen atoms in total. The number of hydrogen-bond acceptors (Lipinski definition) is 5. The number of nitrogens with two attached hydrogens (primary N) is 1. The molecule has 2 aromatic heterocycles. The number of ether oxygens (including phenoxy) is 1. The second-order valence-corrected chi connectivity index (χ2v) is 5.51. The third-order valence-electron chi connectivity index (χ3n) is 3.34. The predicted molar refractivity (Wildman–Crippen MR) is 79.8 cm³/mol. The molecule has 3 rings (SSSR count). The molecule has 0 radical (unpaired) electrons. The molecule has 1 aromatic carbocycles. The molecule has 0 spiro atoms. The lowest BCUT2D eigenvalue weighted by Crippen LogP contribution is -2.30. The van der Waals surface area contributed by atoms with Gasteiger partial charge in [0.05, 0.1) is 18.8 Å². The van der Waals surface area contributed by atoms with Crippen molar-refractivity contribution in [3.05, 3.63) is 53.0 Å². The summed E-state index contributed by atoms with van der Waals surface area (Å²) in [5, 5.41) is 1.97. The van der Waals surface area contributed by atoms with E-state index in [1.807, 2.05) is 22.2 Å². The van der Waals surface area contributed by atoms with E-state index in [-0.39, 0.29) is 11.9 Å². The summed E-state index contributed by atoms with van der Waals surface area (Å²) in [7, 11) is 1.50. The Morgan fingerprint density at radius 3 is 3.05 bits per heavy atom. The van der Waals surface area contributed by atoms with Crippen molar-refractivity contribution >= 4 is 16.3 Å². The Labute approximate surface area is 125 Å². The number of imidazole rings is 1. The van der Waals surface area contributed by atoms with Gasteiger partial charge in [-0.15, -0.1) is 11.3 Å². The average Bonchev–Trinajstić information content (AvgIpc) is 3.06. The molecule has 2 heterocycles. The molecule has 3 aromatic rings.